The Bertz CT molecular complexity index is 1380. The van der Waals surface area contributed by atoms with Gasteiger partial charge in [-0.1, -0.05) is 50.2 Å². The molecular weight excluding hydrogens is 524 g/mol. The van der Waals surface area contributed by atoms with Crippen molar-refractivity contribution in [3.05, 3.63) is 164 Å². The summed E-state index contributed by atoms with van der Waals surface area (Å²) >= 11 is 1.46. The van der Waals surface area contributed by atoms with Crippen molar-refractivity contribution in [2.24, 2.45) is 0 Å². The molecule has 1 aliphatic carbocycles. The van der Waals surface area contributed by atoms with Gasteiger partial charge in [-0.05, 0) is 0 Å². The Labute approximate surface area is 239 Å². The predicted octanol–water partition coefficient (Wildman–Crippen LogP) is 9.89. The van der Waals surface area contributed by atoms with Crippen molar-refractivity contribution < 1.29 is 24.2 Å². The summed E-state index contributed by atoms with van der Waals surface area (Å²) in [4.78, 5) is 0. The minimum Gasteiger partial charge on any atom is -0.126 e. The number of fused-ring (bicyclic) bond motifs is 3. The van der Waals surface area contributed by atoms with Gasteiger partial charge in [0.15, 0.2) is 0 Å². The molecule has 0 nitrogen and oxygen atoms in total. The van der Waals surface area contributed by atoms with Gasteiger partial charge in [0.05, 0.1) is 0 Å². The number of allylic oxidation sites excluding steroid dienone is 4. The van der Waals surface area contributed by atoms with Gasteiger partial charge in [-0.2, -0.15) is 11.1 Å². The van der Waals surface area contributed by atoms with Gasteiger partial charge in [-0.3, -0.25) is 6.08 Å². The first-order valence-corrected chi connectivity index (χ1v) is 13.2. The topological polar surface area (TPSA) is 0 Å². The maximum absolute atomic E-state index is 3.26. The molecule has 0 bridgehead atoms. The molecule has 37 heavy (non-hydrogen) atoms. The van der Waals surface area contributed by atoms with Crippen LogP contribution in [0.5, 0.6) is 0 Å². The summed E-state index contributed by atoms with van der Waals surface area (Å²) in [7, 11) is 0. The van der Waals surface area contributed by atoms with Gasteiger partial charge in [0.1, 0.15) is 0 Å². The molecule has 6 rings (SSSR count). The van der Waals surface area contributed by atoms with Gasteiger partial charge in [-0.15, -0.1) is 53.1 Å². The van der Waals surface area contributed by atoms with E-state index in [1.165, 1.54) is 76.8 Å². The number of benzene rings is 4. The summed E-state index contributed by atoms with van der Waals surface area (Å²) in [5, 5.41) is 5.39. The normalized spacial score (nSPS) is 11.8. The van der Waals surface area contributed by atoms with Crippen LogP contribution >= 0.6 is 0 Å². The molecular formula is C36H36Zr-4. The van der Waals surface area contributed by atoms with Crippen molar-refractivity contribution in [3.63, 3.8) is 0 Å². The van der Waals surface area contributed by atoms with E-state index in [9.17, 15) is 0 Å². The van der Waals surface area contributed by atoms with E-state index < -0.39 is 0 Å². The van der Waals surface area contributed by atoms with E-state index >= 15 is 0 Å². The molecule has 0 spiro atoms. The molecule has 1 heteroatoms. The van der Waals surface area contributed by atoms with Crippen LogP contribution in [0.4, 0.5) is 0 Å². The third kappa shape index (κ3) is 7.73. The van der Waals surface area contributed by atoms with E-state index in [-0.39, 0.29) is 14.9 Å². The van der Waals surface area contributed by atoms with Gasteiger partial charge in [0.25, 0.3) is 0 Å². The standard InChI is InChI=1S/C13H9.C13H10.C8H11.2CH3.Zr/c1-3-7-12-10(5-1)9-11-6-2-4-8-13(11)12;1-3-7-12(8-4-1)11-13-9-5-2-6-10-13;1-6-4-5-7(2)8(6)3;;;/h1-9H;1-10H;4H2,1-3H3;2*1H3;/q-1;;3*-1;. The smallest absolute Gasteiger partial charge is 0.0771 e. The first-order chi connectivity index (χ1) is 17.0. The van der Waals surface area contributed by atoms with Gasteiger partial charge >= 0.3 is 99.2 Å². The average Bonchev–Trinajstić information content (AvgIpc) is 3.44. The molecule has 0 aromatic heterocycles. The van der Waals surface area contributed by atoms with E-state index in [1.807, 2.05) is 0 Å². The fourth-order valence-corrected chi connectivity index (χ4v) is 4.95. The van der Waals surface area contributed by atoms with Crippen molar-refractivity contribution in [1.82, 2.24) is 0 Å². The Morgan fingerprint density at radius 1 is 0.622 bits per heavy atom. The number of rotatable bonds is 2. The molecule has 5 aromatic carbocycles. The quantitative estimate of drug-likeness (QED) is 0.189. The number of hydrogen-bond donors (Lipinski definition) is 0. The van der Waals surface area contributed by atoms with Crippen molar-refractivity contribution in [2.45, 2.75) is 27.2 Å². The fraction of sp³-hybridized carbons (Fsp3) is 0.111. The molecule has 188 valence electrons. The maximum atomic E-state index is 3.26. The van der Waals surface area contributed by atoms with Crippen molar-refractivity contribution in [1.29, 1.82) is 0 Å². The Kier molecular flexibility index (Phi) is 12.0. The SMILES string of the molecule is CC1=[C-]CC(C)=C1C.[CH3-].[CH3-].[Zr]=[C](c1ccccc1)c1ccccc1.c1ccc2c(c1)[cH-]c1ccccc12. The van der Waals surface area contributed by atoms with Gasteiger partial charge in [0, 0.05) is 0 Å². The van der Waals surface area contributed by atoms with Gasteiger partial charge < -0.3 is 14.9 Å². The second-order valence-corrected chi connectivity index (χ2v) is 10.0. The van der Waals surface area contributed by atoms with Crippen LogP contribution in [0.1, 0.15) is 38.3 Å². The first-order valence-electron chi connectivity index (χ1n) is 12.0. The fourth-order valence-electron chi connectivity index (χ4n) is 4.13. The molecule has 5 aromatic rings. The second-order valence-electron chi connectivity index (χ2n) is 8.81. The molecule has 0 saturated carbocycles. The molecule has 0 amide bonds. The number of hydrogen-bond acceptors (Lipinski definition) is 0. The van der Waals surface area contributed by atoms with Crippen LogP contribution in [0.3, 0.4) is 0 Å². The van der Waals surface area contributed by atoms with E-state index in [2.05, 4.69) is 142 Å². The molecule has 0 atom stereocenters. The van der Waals surface area contributed by atoms with Crippen LogP contribution in [0.15, 0.2) is 132 Å². The van der Waals surface area contributed by atoms with E-state index in [4.69, 9.17) is 0 Å². The molecule has 0 saturated heterocycles. The second kappa shape index (κ2) is 14.7. The summed E-state index contributed by atoms with van der Waals surface area (Å²) in [6.45, 7) is 6.44. The molecule has 0 unspecified atom stereocenters. The van der Waals surface area contributed by atoms with Gasteiger partial charge in [0.2, 0.25) is 0 Å². The largest absolute Gasteiger partial charge is 0.126 e. The van der Waals surface area contributed by atoms with Crippen LogP contribution in [0.2, 0.25) is 0 Å². The molecule has 1 aliphatic rings. The Balaban J connectivity index is 0.000000197. The zero-order valence-electron chi connectivity index (χ0n) is 22.7. The van der Waals surface area contributed by atoms with E-state index in [0.29, 0.717) is 0 Å². The Morgan fingerprint density at radius 2 is 1.03 bits per heavy atom. The summed E-state index contributed by atoms with van der Waals surface area (Å²) in [6, 6.07) is 40.4. The zero-order chi connectivity index (χ0) is 24.6. The minimum absolute atomic E-state index is 0. The molecule has 0 heterocycles. The van der Waals surface area contributed by atoms with Crippen LogP contribution < -0.4 is 0 Å². The first kappa shape index (κ1) is 30.2. The van der Waals surface area contributed by atoms with Crippen LogP contribution in [0, 0.1) is 20.9 Å². The molecule has 0 N–H and O–H groups in total. The molecule has 0 radical (unpaired) electrons. The van der Waals surface area contributed by atoms with Gasteiger partial charge in [-0.25, -0.2) is 5.57 Å². The third-order valence-corrected chi connectivity index (χ3v) is 7.89. The third-order valence-electron chi connectivity index (χ3n) is 6.47. The molecule has 0 fully saturated rings. The summed E-state index contributed by atoms with van der Waals surface area (Å²) in [6.07, 6.45) is 4.31. The zero-order valence-corrected chi connectivity index (χ0v) is 25.1. The maximum Gasteiger partial charge on any atom is -0.0771 e. The van der Waals surface area contributed by atoms with E-state index in [0.717, 1.165) is 6.42 Å². The minimum atomic E-state index is 0. The summed E-state index contributed by atoms with van der Waals surface area (Å²) in [5.41, 5.74) is 6.91. The Hall–Kier alpha value is -3.02. The van der Waals surface area contributed by atoms with E-state index in [1.54, 1.807) is 0 Å². The van der Waals surface area contributed by atoms with Crippen molar-refractivity contribution in [3.8, 4) is 0 Å². The average molecular weight is 560 g/mol. The van der Waals surface area contributed by atoms with Crippen molar-refractivity contribution >= 4 is 24.8 Å². The van der Waals surface area contributed by atoms with Crippen LogP contribution in [-0.2, 0) is 24.2 Å². The monoisotopic (exact) mass is 558 g/mol. The summed E-state index contributed by atoms with van der Waals surface area (Å²) < 4.78 is 1.42. The van der Waals surface area contributed by atoms with Crippen LogP contribution in [-0.4, -0.2) is 3.21 Å². The van der Waals surface area contributed by atoms with Crippen LogP contribution in [0.25, 0.3) is 21.5 Å². The Morgan fingerprint density at radius 3 is 1.38 bits per heavy atom. The summed E-state index contributed by atoms with van der Waals surface area (Å²) in [5.74, 6) is 0. The van der Waals surface area contributed by atoms with Crippen molar-refractivity contribution in [2.75, 3.05) is 0 Å². The molecule has 0 aliphatic heterocycles. The predicted molar refractivity (Wildman–Crippen MR) is 161 cm³/mol.